The zero-order chi connectivity index (χ0) is 8.97. The Kier molecular flexibility index (Phi) is 3.44. The Balaban J connectivity index is 1.90. The van der Waals surface area contributed by atoms with E-state index in [4.69, 9.17) is 0 Å². The smallest absolute Gasteiger partial charge is 0.315 e. The predicted octanol–water partition coefficient (Wildman–Crippen LogP) is 1.56. The number of carbonyl (C=O) groups is 1. The van der Waals surface area contributed by atoms with Crippen LogP contribution in [-0.2, 0) is 4.79 Å². The standard InChI is InChI=1S/C8H13F2NO/c9-7(10)8(12)11-5-1-2-6-3-4-6/h6-7H,1-5H2,(H,11,12). The SMILES string of the molecule is O=C(NCCCC1CC1)C(F)F. The second kappa shape index (κ2) is 4.38. The number of carbonyl (C=O) groups excluding carboxylic acids is 1. The lowest BCUT2D eigenvalue weighted by molar-refractivity contribution is -0.131. The number of hydrogen-bond donors (Lipinski definition) is 1. The molecular formula is C8H13F2NO. The van der Waals surface area contributed by atoms with Crippen LogP contribution in [0, 0.1) is 5.92 Å². The Morgan fingerprint density at radius 3 is 2.67 bits per heavy atom. The number of nitrogens with one attached hydrogen (secondary N) is 1. The molecule has 0 spiro atoms. The third kappa shape index (κ3) is 3.64. The van der Waals surface area contributed by atoms with Gasteiger partial charge in [0, 0.05) is 6.54 Å². The average molecular weight is 177 g/mol. The van der Waals surface area contributed by atoms with Crippen molar-refractivity contribution in [3.63, 3.8) is 0 Å². The van der Waals surface area contributed by atoms with Gasteiger partial charge in [-0.15, -0.1) is 0 Å². The van der Waals surface area contributed by atoms with Gasteiger partial charge in [0.15, 0.2) is 0 Å². The number of halogens is 2. The molecule has 0 aromatic heterocycles. The molecule has 12 heavy (non-hydrogen) atoms. The van der Waals surface area contributed by atoms with Crippen LogP contribution in [0.5, 0.6) is 0 Å². The summed E-state index contributed by atoms with van der Waals surface area (Å²) < 4.78 is 23.2. The van der Waals surface area contributed by atoms with Crippen LogP contribution in [0.4, 0.5) is 8.78 Å². The molecule has 1 fully saturated rings. The van der Waals surface area contributed by atoms with Crippen molar-refractivity contribution >= 4 is 5.91 Å². The molecule has 0 atom stereocenters. The van der Waals surface area contributed by atoms with E-state index in [1.165, 1.54) is 12.8 Å². The van der Waals surface area contributed by atoms with Gasteiger partial charge in [0.25, 0.3) is 5.91 Å². The fourth-order valence-corrected chi connectivity index (χ4v) is 1.09. The summed E-state index contributed by atoms with van der Waals surface area (Å²) in [4.78, 5) is 10.3. The number of alkyl halides is 2. The Labute approximate surface area is 70.3 Å². The minimum Gasteiger partial charge on any atom is -0.351 e. The minimum absolute atomic E-state index is 0.389. The molecule has 0 bridgehead atoms. The van der Waals surface area contributed by atoms with Crippen LogP contribution >= 0.6 is 0 Å². The second-order valence-corrected chi connectivity index (χ2v) is 3.18. The zero-order valence-electron chi connectivity index (χ0n) is 6.85. The molecule has 0 aromatic rings. The predicted molar refractivity (Wildman–Crippen MR) is 41.0 cm³/mol. The molecule has 4 heteroatoms. The van der Waals surface area contributed by atoms with Crippen LogP contribution in [0.15, 0.2) is 0 Å². The summed E-state index contributed by atoms with van der Waals surface area (Å²) in [6.45, 7) is 0.389. The first-order chi connectivity index (χ1) is 5.70. The van der Waals surface area contributed by atoms with Crippen molar-refractivity contribution in [3.8, 4) is 0 Å². The van der Waals surface area contributed by atoms with Gasteiger partial charge in [0.1, 0.15) is 0 Å². The topological polar surface area (TPSA) is 29.1 Å². The van der Waals surface area contributed by atoms with E-state index in [0.717, 1.165) is 18.8 Å². The number of amides is 1. The number of rotatable bonds is 5. The quantitative estimate of drug-likeness (QED) is 0.634. The van der Waals surface area contributed by atoms with Gasteiger partial charge in [-0.2, -0.15) is 8.78 Å². The van der Waals surface area contributed by atoms with Gasteiger partial charge in [0.05, 0.1) is 0 Å². The molecule has 1 amide bonds. The van der Waals surface area contributed by atoms with Crippen molar-refractivity contribution in [1.82, 2.24) is 5.32 Å². The molecule has 0 aromatic carbocycles. The Bertz CT molecular complexity index is 157. The molecule has 0 aliphatic heterocycles. The van der Waals surface area contributed by atoms with Crippen molar-refractivity contribution in [1.29, 1.82) is 0 Å². The zero-order valence-corrected chi connectivity index (χ0v) is 6.85. The van der Waals surface area contributed by atoms with Crippen molar-refractivity contribution in [3.05, 3.63) is 0 Å². The Morgan fingerprint density at radius 1 is 1.50 bits per heavy atom. The lowest BCUT2D eigenvalue weighted by Gasteiger charge is -2.02. The molecule has 2 nitrogen and oxygen atoms in total. The second-order valence-electron chi connectivity index (χ2n) is 3.18. The highest BCUT2D eigenvalue weighted by atomic mass is 19.3. The maximum absolute atomic E-state index is 11.6. The highest BCUT2D eigenvalue weighted by Crippen LogP contribution is 2.33. The summed E-state index contributed by atoms with van der Waals surface area (Å²) in [5.41, 5.74) is 0. The molecular weight excluding hydrogens is 164 g/mol. The van der Waals surface area contributed by atoms with Crippen LogP contribution in [0.1, 0.15) is 25.7 Å². The summed E-state index contributed by atoms with van der Waals surface area (Å²) in [6, 6.07) is 0. The molecule has 1 rings (SSSR count). The molecule has 0 radical (unpaired) electrons. The van der Waals surface area contributed by atoms with Gasteiger partial charge in [-0.3, -0.25) is 4.79 Å². The summed E-state index contributed by atoms with van der Waals surface area (Å²) >= 11 is 0. The highest BCUT2D eigenvalue weighted by molar-refractivity contribution is 5.78. The first-order valence-electron chi connectivity index (χ1n) is 4.26. The summed E-state index contributed by atoms with van der Waals surface area (Å²) in [6.07, 6.45) is 1.55. The lowest BCUT2D eigenvalue weighted by Crippen LogP contribution is -2.30. The van der Waals surface area contributed by atoms with E-state index in [-0.39, 0.29) is 0 Å². The monoisotopic (exact) mass is 177 g/mol. The first kappa shape index (κ1) is 9.42. The summed E-state index contributed by atoms with van der Waals surface area (Å²) in [7, 11) is 0. The van der Waals surface area contributed by atoms with Crippen molar-refractivity contribution < 1.29 is 13.6 Å². The largest absolute Gasteiger partial charge is 0.351 e. The van der Waals surface area contributed by atoms with E-state index in [1.807, 2.05) is 0 Å². The molecule has 70 valence electrons. The molecule has 0 heterocycles. The van der Waals surface area contributed by atoms with E-state index < -0.39 is 12.3 Å². The fraction of sp³-hybridized carbons (Fsp3) is 0.875. The third-order valence-electron chi connectivity index (χ3n) is 1.98. The lowest BCUT2D eigenvalue weighted by atomic mass is 10.2. The van der Waals surface area contributed by atoms with E-state index in [0.29, 0.717) is 6.54 Å². The molecule has 0 saturated heterocycles. The van der Waals surface area contributed by atoms with E-state index >= 15 is 0 Å². The molecule has 0 unspecified atom stereocenters. The molecule has 1 aliphatic carbocycles. The average Bonchev–Trinajstić information content (AvgIpc) is 2.80. The summed E-state index contributed by atoms with van der Waals surface area (Å²) in [5.74, 6) is -0.348. The maximum atomic E-state index is 11.6. The van der Waals surface area contributed by atoms with Gasteiger partial charge < -0.3 is 5.32 Å². The van der Waals surface area contributed by atoms with Gasteiger partial charge >= 0.3 is 6.43 Å². The van der Waals surface area contributed by atoms with Crippen LogP contribution in [0.2, 0.25) is 0 Å². The number of hydrogen-bond acceptors (Lipinski definition) is 1. The van der Waals surface area contributed by atoms with E-state index in [9.17, 15) is 13.6 Å². The van der Waals surface area contributed by atoms with Crippen molar-refractivity contribution in [2.45, 2.75) is 32.1 Å². The molecule has 1 aliphatic rings. The Morgan fingerprint density at radius 2 is 2.17 bits per heavy atom. The summed E-state index contributed by atoms with van der Waals surface area (Å²) in [5, 5.41) is 2.18. The molecule has 1 N–H and O–H groups in total. The van der Waals surface area contributed by atoms with Gasteiger partial charge in [-0.05, 0) is 18.8 Å². The van der Waals surface area contributed by atoms with E-state index in [2.05, 4.69) is 5.32 Å². The molecule has 1 saturated carbocycles. The van der Waals surface area contributed by atoms with Gasteiger partial charge in [0.2, 0.25) is 0 Å². The van der Waals surface area contributed by atoms with Crippen LogP contribution in [0.3, 0.4) is 0 Å². The first-order valence-corrected chi connectivity index (χ1v) is 4.26. The maximum Gasteiger partial charge on any atom is 0.315 e. The van der Waals surface area contributed by atoms with E-state index in [1.54, 1.807) is 0 Å². The third-order valence-corrected chi connectivity index (χ3v) is 1.98. The Hall–Kier alpha value is -0.670. The normalized spacial score (nSPS) is 16.6. The van der Waals surface area contributed by atoms with Crippen LogP contribution < -0.4 is 5.32 Å². The van der Waals surface area contributed by atoms with Crippen molar-refractivity contribution in [2.75, 3.05) is 6.54 Å². The highest BCUT2D eigenvalue weighted by Gasteiger charge is 2.20. The minimum atomic E-state index is -2.87. The van der Waals surface area contributed by atoms with Crippen LogP contribution in [0.25, 0.3) is 0 Å². The van der Waals surface area contributed by atoms with Crippen molar-refractivity contribution in [2.24, 2.45) is 5.92 Å². The van der Waals surface area contributed by atoms with Gasteiger partial charge in [-0.1, -0.05) is 12.8 Å². The fourth-order valence-electron chi connectivity index (χ4n) is 1.09. The van der Waals surface area contributed by atoms with Crippen LogP contribution in [-0.4, -0.2) is 18.9 Å². The van der Waals surface area contributed by atoms with Gasteiger partial charge in [-0.25, -0.2) is 0 Å².